The Morgan fingerprint density at radius 2 is 2.12 bits per heavy atom. The number of hydrogen-bond acceptors (Lipinski definition) is 4. The summed E-state index contributed by atoms with van der Waals surface area (Å²) >= 11 is 2.93. The van der Waals surface area contributed by atoms with Crippen LogP contribution in [-0.2, 0) is 9.84 Å². The standard InChI is InChI=1S/C10H14BrNO3S/c1-2-5-15-10-4-3-8(6-9(10)12)16(13,14)7-11/h3-4,6H,2,5,7,12H2,1H3. The topological polar surface area (TPSA) is 69.4 Å². The summed E-state index contributed by atoms with van der Waals surface area (Å²) in [7, 11) is -3.28. The molecule has 90 valence electrons. The summed E-state index contributed by atoms with van der Waals surface area (Å²) in [6.45, 7) is 2.55. The number of hydrogen-bond donors (Lipinski definition) is 1. The van der Waals surface area contributed by atoms with Gasteiger partial charge in [-0.15, -0.1) is 0 Å². The second kappa shape index (κ2) is 5.54. The third-order valence-electron chi connectivity index (χ3n) is 1.95. The summed E-state index contributed by atoms with van der Waals surface area (Å²) in [4.78, 5) is 0.200. The van der Waals surface area contributed by atoms with Crippen LogP contribution >= 0.6 is 15.9 Å². The minimum Gasteiger partial charge on any atom is -0.491 e. The van der Waals surface area contributed by atoms with E-state index in [0.717, 1.165) is 6.42 Å². The van der Waals surface area contributed by atoms with E-state index in [4.69, 9.17) is 10.5 Å². The van der Waals surface area contributed by atoms with Crippen LogP contribution in [0.5, 0.6) is 5.75 Å². The molecular weight excluding hydrogens is 294 g/mol. The number of alkyl halides is 1. The van der Waals surface area contributed by atoms with E-state index in [9.17, 15) is 8.42 Å². The molecule has 0 aliphatic carbocycles. The molecule has 16 heavy (non-hydrogen) atoms. The predicted molar refractivity (Wildman–Crippen MR) is 67.6 cm³/mol. The maximum atomic E-state index is 11.5. The van der Waals surface area contributed by atoms with Crippen molar-refractivity contribution < 1.29 is 13.2 Å². The Bertz CT molecular complexity index is 459. The van der Waals surface area contributed by atoms with Crippen LogP contribution in [0.25, 0.3) is 0 Å². The lowest BCUT2D eigenvalue weighted by Gasteiger charge is -2.09. The monoisotopic (exact) mass is 307 g/mol. The van der Waals surface area contributed by atoms with Gasteiger partial charge in [-0.3, -0.25) is 0 Å². The summed E-state index contributed by atoms with van der Waals surface area (Å²) in [6, 6.07) is 4.50. The number of anilines is 1. The van der Waals surface area contributed by atoms with Gasteiger partial charge in [-0.1, -0.05) is 22.9 Å². The minimum atomic E-state index is -3.28. The number of rotatable bonds is 5. The second-order valence-electron chi connectivity index (χ2n) is 3.27. The molecule has 1 aromatic carbocycles. The van der Waals surface area contributed by atoms with Crippen molar-refractivity contribution in [2.45, 2.75) is 18.2 Å². The number of nitrogen functional groups attached to an aromatic ring is 1. The Kier molecular flexibility index (Phi) is 4.61. The van der Waals surface area contributed by atoms with Crippen LogP contribution in [0.2, 0.25) is 0 Å². The van der Waals surface area contributed by atoms with E-state index in [0.29, 0.717) is 18.0 Å². The number of nitrogens with two attached hydrogens (primary N) is 1. The van der Waals surface area contributed by atoms with Crippen molar-refractivity contribution in [2.75, 3.05) is 17.0 Å². The molecule has 0 aromatic heterocycles. The molecule has 6 heteroatoms. The highest BCUT2D eigenvalue weighted by molar-refractivity contribution is 9.10. The van der Waals surface area contributed by atoms with E-state index in [-0.39, 0.29) is 9.56 Å². The smallest absolute Gasteiger partial charge is 0.188 e. The third-order valence-corrected chi connectivity index (χ3v) is 5.01. The van der Waals surface area contributed by atoms with Crippen LogP contribution in [0.4, 0.5) is 5.69 Å². The lowest BCUT2D eigenvalue weighted by atomic mass is 10.3. The van der Waals surface area contributed by atoms with Crippen molar-refractivity contribution in [1.82, 2.24) is 0 Å². The Morgan fingerprint density at radius 3 is 2.62 bits per heavy atom. The van der Waals surface area contributed by atoms with E-state index in [2.05, 4.69) is 15.9 Å². The van der Waals surface area contributed by atoms with E-state index in [1.807, 2.05) is 6.92 Å². The molecule has 0 saturated carbocycles. The first kappa shape index (κ1) is 13.3. The molecule has 2 N–H and O–H groups in total. The van der Waals surface area contributed by atoms with E-state index in [1.165, 1.54) is 12.1 Å². The van der Waals surface area contributed by atoms with Crippen molar-refractivity contribution in [3.05, 3.63) is 18.2 Å². The van der Waals surface area contributed by atoms with Gasteiger partial charge in [0, 0.05) is 0 Å². The van der Waals surface area contributed by atoms with Gasteiger partial charge in [0.05, 0.1) is 17.2 Å². The van der Waals surface area contributed by atoms with E-state index in [1.54, 1.807) is 6.07 Å². The molecule has 0 fully saturated rings. The number of benzene rings is 1. The molecular formula is C10H14BrNO3S. The van der Waals surface area contributed by atoms with Crippen LogP contribution in [0.15, 0.2) is 23.1 Å². The molecule has 0 spiro atoms. The van der Waals surface area contributed by atoms with Crippen molar-refractivity contribution in [1.29, 1.82) is 0 Å². The van der Waals surface area contributed by atoms with Crippen LogP contribution in [-0.4, -0.2) is 19.7 Å². The van der Waals surface area contributed by atoms with Crippen molar-refractivity contribution in [2.24, 2.45) is 0 Å². The van der Waals surface area contributed by atoms with Crippen LogP contribution < -0.4 is 10.5 Å². The van der Waals surface area contributed by atoms with Gasteiger partial charge in [0.15, 0.2) is 9.84 Å². The molecule has 1 aromatic rings. The quantitative estimate of drug-likeness (QED) is 0.668. The first-order valence-corrected chi connectivity index (χ1v) is 7.59. The SMILES string of the molecule is CCCOc1ccc(S(=O)(=O)CBr)cc1N. The first-order valence-electron chi connectivity index (χ1n) is 4.82. The molecule has 1 rings (SSSR count). The average Bonchev–Trinajstić information content (AvgIpc) is 2.27. The lowest BCUT2D eigenvalue weighted by Crippen LogP contribution is -2.04. The lowest BCUT2D eigenvalue weighted by molar-refractivity contribution is 0.319. The van der Waals surface area contributed by atoms with Gasteiger partial charge in [0.2, 0.25) is 0 Å². The van der Waals surface area contributed by atoms with E-state index < -0.39 is 9.84 Å². The fourth-order valence-corrected chi connectivity index (χ4v) is 2.63. The fourth-order valence-electron chi connectivity index (χ4n) is 1.13. The molecule has 0 amide bonds. The van der Waals surface area contributed by atoms with Gasteiger partial charge in [-0.25, -0.2) is 8.42 Å². The summed E-state index contributed by atoms with van der Waals surface area (Å²) in [5.41, 5.74) is 6.05. The molecule has 0 unspecified atom stereocenters. The molecule has 0 bridgehead atoms. The number of ether oxygens (including phenoxy) is 1. The van der Waals surface area contributed by atoms with Gasteiger partial charge in [0.1, 0.15) is 10.4 Å². The van der Waals surface area contributed by atoms with Crippen molar-refractivity contribution in [3.8, 4) is 5.75 Å². The Hall–Kier alpha value is -0.750. The molecule has 4 nitrogen and oxygen atoms in total. The Morgan fingerprint density at radius 1 is 1.44 bits per heavy atom. The zero-order valence-electron chi connectivity index (χ0n) is 8.94. The summed E-state index contributed by atoms with van der Waals surface area (Å²) in [6.07, 6.45) is 0.876. The first-order chi connectivity index (χ1) is 7.51. The predicted octanol–water partition coefficient (Wildman–Crippen LogP) is 2.18. The summed E-state index contributed by atoms with van der Waals surface area (Å²) in [5, 5.41) is 0. The summed E-state index contributed by atoms with van der Waals surface area (Å²) in [5.74, 6) is 0.523. The van der Waals surface area contributed by atoms with Gasteiger partial charge in [-0.2, -0.15) is 0 Å². The highest BCUT2D eigenvalue weighted by Crippen LogP contribution is 2.25. The second-order valence-corrected chi connectivity index (χ2v) is 6.56. The highest BCUT2D eigenvalue weighted by Gasteiger charge is 2.14. The van der Waals surface area contributed by atoms with Gasteiger partial charge in [-0.05, 0) is 24.6 Å². The van der Waals surface area contributed by atoms with Gasteiger partial charge < -0.3 is 10.5 Å². The molecule has 0 saturated heterocycles. The third kappa shape index (κ3) is 3.12. The highest BCUT2D eigenvalue weighted by atomic mass is 79.9. The fraction of sp³-hybridized carbons (Fsp3) is 0.400. The largest absolute Gasteiger partial charge is 0.491 e. The zero-order chi connectivity index (χ0) is 12.2. The van der Waals surface area contributed by atoms with Crippen LogP contribution in [0, 0.1) is 0 Å². The molecule has 0 heterocycles. The maximum Gasteiger partial charge on any atom is 0.188 e. The normalized spacial score (nSPS) is 11.4. The average molecular weight is 308 g/mol. The molecule has 0 radical (unpaired) electrons. The minimum absolute atomic E-state index is 0.116. The van der Waals surface area contributed by atoms with Crippen molar-refractivity contribution in [3.63, 3.8) is 0 Å². The van der Waals surface area contributed by atoms with Crippen LogP contribution in [0.3, 0.4) is 0 Å². The molecule has 0 atom stereocenters. The van der Waals surface area contributed by atoms with Gasteiger partial charge >= 0.3 is 0 Å². The summed E-state index contributed by atoms with van der Waals surface area (Å²) < 4.78 is 28.3. The number of halogens is 1. The zero-order valence-corrected chi connectivity index (χ0v) is 11.3. The molecule has 0 aliphatic heterocycles. The Balaban J connectivity index is 3.00. The number of sulfone groups is 1. The molecule has 0 aliphatic rings. The van der Waals surface area contributed by atoms with E-state index >= 15 is 0 Å². The van der Waals surface area contributed by atoms with Gasteiger partial charge in [0.25, 0.3) is 0 Å². The Labute approximate surface area is 104 Å². The van der Waals surface area contributed by atoms with Crippen molar-refractivity contribution >= 4 is 31.5 Å². The maximum absolute atomic E-state index is 11.5. The van der Waals surface area contributed by atoms with Crippen LogP contribution in [0.1, 0.15) is 13.3 Å².